The van der Waals surface area contributed by atoms with Gasteiger partial charge in [0.15, 0.2) is 5.11 Å². The van der Waals surface area contributed by atoms with Gasteiger partial charge in [-0.3, -0.25) is 9.69 Å². The summed E-state index contributed by atoms with van der Waals surface area (Å²) in [6.45, 7) is 2.86. The van der Waals surface area contributed by atoms with Gasteiger partial charge in [-0.1, -0.05) is 31.9 Å². The molecule has 0 atom stereocenters. The number of unbranched alkanes of at least 4 members (excludes halogenated alkanes) is 2. The van der Waals surface area contributed by atoms with E-state index in [2.05, 4.69) is 12.2 Å². The number of nitrogens with zero attached hydrogens (tertiary/aromatic N) is 1. The summed E-state index contributed by atoms with van der Waals surface area (Å²) in [4.78, 5) is 14.0. The van der Waals surface area contributed by atoms with Crippen LogP contribution in [-0.2, 0) is 4.79 Å². The lowest BCUT2D eigenvalue weighted by atomic mass is 10.2. The highest BCUT2D eigenvalue weighted by Gasteiger charge is 2.31. The highest BCUT2D eigenvalue weighted by atomic mass is 32.1. The fourth-order valence-corrected chi connectivity index (χ4v) is 3.03. The number of thiocarbonyl (C=S) groups is 1. The first-order valence-electron chi connectivity index (χ1n) is 8.94. The van der Waals surface area contributed by atoms with Gasteiger partial charge in [0.2, 0.25) is 0 Å². The van der Waals surface area contributed by atoms with E-state index in [9.17, 15) is 9.18 Å². The number of nitrogens with one attached hydrogen (secondary N) is 1. The first-order chi connectivity index (χ1) is 13.1. The Morgan fingerprint density at radius 3 is 2.48 bits per heavy atom. The molecule has 1 aliphatic rings. The lowest BCUT2D eigenvalue weighted by Crippen LogP contribution is -2.30. The maximum Gasteiger partial charge on any atom is 0.281 e. The molecule has 6 heteroatoms. The molecule has 2 aromatic rings. The number of benzene rings is 2. The van der Waals surface area contributed by atoms with Crippen LogP contribution in [0.2, 0.25) is 0 Å². The van der Waals surface area contributed by atoms with Crippen molar-refractivity contribution in [2.45, 2.75) is 26.2 Å². The zero-order valence-electron chi connectivity index (χ0n) is 15.1. The van der Waals surface area contributed by atoms with Gasteiger partial charge in [0.25, 0.3) is 5.91 Å². The van der Waals surface area contributed by atoms with Crippen molar-refractivity contribution in [2.75, 3.05) is 11.5 Å². The summed E-state index contributed by atoms with van der Waals surface area (Å²) in [5, 5.41) is 3.19. The zero-order valence-corrected chi connectivity index (χ0v) is 15.9. The summed E-state index contributed by atoms with van der Waals surface area (Å²) in [6, 6.07) is 13.2. The molecule has 27 heavy (non-hydrogen) atoms. The molecule has 2 aromatic carbocycles. The minimum absolute atomic E-state index is 0.272. The largest absolute Gasteiger partial charge is 0.494 e. The van der Waals surface area contributed by atoms with Crippen LogP contribution in [0, 0.1) is 5.82 Å². The molecular formula is C21H21FN2O2S. The van der Waals surface area contributed by atoms with Gasteiger partial charge in [0, 0.05) is 0 Å². The van der Waals surface area contributed by atoms with E-state index >= 15 is 0 Å². The van der Waals surface area contributed by atoms with Crippen molar-refractivity contribution < 1.29 is 13.9 Å². The molecule has 1 heterocycles. The molecule has 140 valence electrons. The Morgan fingerprint density at radius 1 is 1.11 bits per heavy atom. The van der Waals surface area contributed by atoms with Crippen LogP contribution in [-0.4, -0.2) is 17.6 Å². The second-order valence-electron chi connectivity index (χ2n) is 6.23. The number of ether oxygens (including phenoxy) is 1. The number of rotatable bonds is 7. The number of carbonyl (C=O) groups is 1. The Balaban J connectivity index is 1.69. The van der Waals surface area contributed by atoms with Crippen LogP contribution in [0.15, 0.2) is 54.2 Å². The normalized spacial score (nSPS) is 15.3. The quantitative estimate of drug-likeness (QED) is 0.428. The number of carbonyl (C=O) groups excluding carboxylic acids is 1. The fraction of sp³-hybridized carbons (Fsp3) is 0.238. The Labute approximate surface area is 163 Å². The Bertz CT molecular complexity index is 847. The van der Waals surface area contributed by atoms with E-state index in [1.54, 1.807) is 6.08 Å². The molecule has 0 spiro atoms. The number of amides is 1. The smallest absolute Gasteiger partial charge is 0.281 e. The predicted molar refractivity (Wildman–Crippen MR) is 109 cm³/mol. The average Bonchev–Trinajstić information content (AvgIpc) is 2.94. The van der Waals surface area contributed by atoms with Gasteiger partial charge in [0.05, 0.1) is 12.3 Å². The minimum atomic E-state index is -0.364. The van der Waals surface area contributed by atoms with Crippen molar-refractivity contribution in [1.82, 2.24) is 5.32 Å². The van der Waals surface area contributed by atoms with Crippen LogP contribution >= 0.6 is 12.2 Å². The van der Waals surface area contributed by atoms with E-state index in [0.29, 0.717) is 18.0 Å². The molecule has 0 radical (unpaired) electrons. The predicted octanol–water partition coefficient (Wildman–Crippen LogP) is 4.66. The van der Waals surface area contributed by atoms with Crippen LogP contribution in [0.3, 0.4) is 0 Å². The zero-order chi connectivity index (χ0) is 19.2. The molecule has 4 nitrogen and oxygen atoms in total. The second kappa shape index (κ2) is 8.77. The van der Waals surface area contributed by atoms with Gasteiger partial charge in [-0.05, 0) is 66.7 Å². The van der Waals surface area contributed by atoms with E-state index in [4.69, 9.17) is 17.0 Å². The van der Waals surface area contributed by atoms with Gasteiger partial charge in [0.1, 0.15) is 17.3 Å². The standard InChI is InChI=1S/C21H21FN2O2S/c1-2-3-4-13-26-18-11-5-15(6-12-18)14-19-20(25)24(21(27)23-19)17-9-7-16(22)8-10-17/h5-12,14H,2-4,13H2,1H3,(H,23,27)/b19-14+. The van der Waals surface area contributed by atoms with Crippen molar-refractivity contribution in [3.63, 3.8) is 0 Å². The highest BCUT2D eigenvalue weighted by Crippen LogP contribution is 2.23. The third-order valence-electron chi connectivity index (χ3n) is 4.17. The molecule has 0 unspecified atom stereocenters. The van der Waals surface area contributed by atoms with Crippen LogP contribution in [0.1, 0.15) is 31.7 Å². The average molecular weight is 384 g/mol. The number of hydrogen-bond acceptors (Lipinski definition) is 3. The monoisotopic (exact) mass is 384 g/mol. The summed E-state index contributed by atoms with van der Waals surface area (Å²) >= 11 is 5.26. The molecule has 0 saturated carbocycles. The van der Waals surface area contributed by atoms with Gasteiger partial charge in [-0.2, -0.15) is 0 Å². The van der Waals surface area contributed by atoms with E-state index < -0.39 is 0 Å². The third kappa shape index (κ3) is 4.71. The van der Waals surface area contributed by atoms with Crippen molar-refractivity contribution in [1.29, 1.82) is 0 Å². The SMILES string of the molecule is CCCCCOc1ccc(/C=C2/NC(=S)N(c3ccc(F)cc3)C2=O)cc1. The Morgan fingerprint density at radius 2 is 1.81 bits per heavy atom. The number of anilines is 1. The second-order valence-corrected chi connectivity index (χ2v) is 6.62. The van der Waals surface area contributed by atoms with Gasteiger partial charge < -0.3 is 10.1 Å². The lowest BCUT2D eigenvalue weighted by Gasteiger charge is -2.13. The molecule has 1 saturated heterocycles. The maximum absolute atomic E-state index is 13.1. The van der Waals surface area contributed by atoms with Crippen LogP contribution < -0.4 is 15.0 Å². The summed E-state index contributed by atoms with van der Waals surface area (Å²) in [5.41, 5.74) is 1.76. The van der Waals surface area contributed by atoms with Crippen molar-refractivity contribution in [3.05, 3.63) is 65.6 Å². The first-order valence-corrected chi connectivity index (χ1v) is 9.35. The highest BCUT2D eigenvalue weighted by molar-refractivity contribution is 7.80. The summed E-state index contributed by atoms with van der Waals surface area (Å²) < 4.78 is 18.8. The first kappa shape index (κ1) is 19.0. The number of halogens is 1. The van der Waals surface area contributed by atoms with Gasteiger partial charge in [-0.15, -0.1) is 0 Å². The van der Waals surface area contributed by atoms with E-state index in [-0.39, 0.29) is 16.8 Å². The van der Waals surface area contributed by atoms with E-state index in [1.807, 2.05) is 24.3 Å². The topological polar surface area (TPSA) is 41.6 Å². The Hall–Kier alpha value is -2.73. The fourth-order valence-electron chi connectivity index (χ4n) is 2.73. The van der Waals surface area contributed by atoms with Crippen molar-refractivity contribution >= 4 is 35.0 Å². The van der Waals surface area contributed by atoms with Crippen LogP contribution in [0.4, 0.5) is 10.1 Å². The van der Waals surface area contributed by atoms with Crippen molar-refractivity contribution in [3.8, 4) is 5.75 Å². The molecule has 1 amide bonds. The number of hydrogen-bond donors (Lipinski definition) is 1. The molecule has 1 fully saturated rings. The van der Waals surface area contributed by atoms with Crippen LogP contribution in [0.25, 0.3) is 6.08 Å². The summed E-state index contributed by atoms with van der Waals surface area (Å²) in [6.07, 6.45) is 5.09. The lowest BCUT2D eigenvalue weighted by molar-refractivity contribution is -0.113. The summed E-state index contributed by atoms with van der Waals surface area (Å²) in [5.74, 6) is 0.172. The minimum Gasteiger partial charge on any atom is -0.494 e. The Kier molecular flexibility index (Phi) is 6.19. The van der Waals surface area contributed by atoms with Gasteiger partial charge in [-0.25, -0.2) is 4.39 Å². The van der Waals surface area contributed by atoms with Crippen molar-refractivity contribution in [2.24, 2.45) is 0 Å². The van der Waals surface area contributed by atoms with Gasteiger partial charge >= 0.3 is 0 Å². The van der Waals surface area contributed by atoms with E-state index in [1.165, 1.54) is 29.2 Å². The molecule has 3 rings (SSSR count). The molecular weight excluding hydrogens is 363 g/mol. The molecule has 0 aromatic heterocycles. The van der Waals surface area contributed by atoms with E-state index in [0.717, 1.165) is 30.6 Å². The summed E-state index contributed by atoms with van der Waals surface area (Å²) in [7, 11) is 0. The third-order valence-corrected chi connectivity index (χ3v) is 4.46. The maximum atomic E-state index is 13.1. The molecule has 0 aliphatic carbocycles. The molecule has 1 aliphatic heterocycles. The molecule has 0 bridgehead atoms. The van der Waals surface area contributed by atoms with Crippen LogP contribution in [0.5, 0.6) is 5.75 Å². The molecule has 1 N–H and O–H groups in total.